The van der Waals surface area contributed by atoms with Gasteiger partial charge in [0.2, 0.25) is 0 Å². The normalized spacial score (nSPS) is 35.5. The summed E-state index contributed by atoms with van der Waals surface area (Å²) in [5, 5.41) is 0. The number of ether oxygens (including phenoxy) is 1. The second-order valence-corrected chi connectivity index (χ2v) is 7.26. The van der Waals surface area contributed by atoms with E-state index in [1.54, 1.807) is 0 Å². The summed E-state index contributed by atoms with van der Waals surface area (Å²) in [5.74, 6) is 2.80. The van der Waals surface area contributed by atoms with E-state index >= 15 is 0 Å². The van der Waals surface area contributed by atoms with Crippen molar-refractivity contribution in [3.63, 3.8) is 0 Å². The summed E-state index contributed by atoms with van der Waals surface area (Å²) in [7, 11) is 0. The van der Waals surface area contributed by atoms with Gasteiger partial charge in [-0.25, -0.2) is 0 Å². The van der Waals surface area contributed by atoms with E-state index in [-0.39, 0.29) is 0 Å². The van der Waals surface area contributed by atoms with Gasteiger partial charge >= 0.3 is 0 Å². The van der Waals surface area contributed by atoms with Crippen LogP contribution in [0.4, 0.5) is 0 Å². The molecule has 1 heteroatoms. The van der Waals surface area contributed by atoms with Gasteiger partial charge in [0.15, 0.2) is 0 Å². The van der Waals surface area contributed by atoms with Gasteiger partial charge in [-0.1, -0.05) is 39.0 Å². The fourth-order valence-corrected chi connectivity index (χ4v) is 4.64. The molecule has 1 aromatic carbocycles. The van der Waals surface area contributed by atoms with Crippen molar-refractivity contribution in [3.05, 3.63) is 30.3 Å². The smallest absolute Gasteiger partial charge is 0.119 e. The molecular formula is C18H26O. The molecule has 0 spiro atoms. The van der Waals surface area contributed by atoms with Crippen molar-refractivity contribution in [1.29, 1.82) is 0 Å². The van der Waals surface area contributed by atoms with Crippen LogP contribution in [0, 0.1) is 22.7 Å². The van der Waals surface area contributed by atoms with E-state index in [0.29, 0.717) is 10.8 Å². The van der Waals surface area contributed by atoms with Gasteiger partial charge in [-0.2, -0.15) is 0 Å². The Hall–Kier alpha value is -0.980. The lowest BCUT2D eigenvalue weighted by Crippen LogP contribution is -2.32. The third-order valence-electron chi connectivity index (χ3n) is 6.45. The minimum absolute atomic E-state index is 0.532. The highest BCUT2D eigenvalue weighted by atomic mass is 16.5. The molecule has 0 radical (unpaired) electrons. The molecule has 1 nitrogen and oxygen atoms in total. The maximum absolute atomic E-state index is 5.89. The lowest BCUT2D eigenvalue weighted by atomic mass is 9.66. The number of benzene rings is 1. The summed E-state index contributed by atoms with van der Waals surface area (Å²) in [6, 6.07) is 10.2. The molecule has 0 aliphatic heterocycles. The minimum atomic E-state index is 0.532. The molecule has 2 bridgehead atoms. The van der Waals surface area contributed by atoms with E-state index in [4.69, 9.17) is 4.74 Å². The second-order valence-electron chi connectivity index (χ2n) is 7.26. The van der Waals surface area contributed by atoms with Gasteiger partial charge in [0.25, 0.3) is 0 Å². The molecule has 3 rings (SSSR count). The Morgan fingerprint density at radius 3 is 2.47 bits per heavy atom. The average Bonchev–Trinajstić information content (AvgIpc) is 2.73. The number of hydrogen-bond acceptors (Lipinski definition) is 1. The van der Waals surface area contributed by atoms with Crippen LogP contribution in [0.15, 0.2) is 30.3 Å². The quantitative estimate of drug-likeness (QED) is 0.745. The van der Waals surface area contributed by atoms with E-state index < -0.39 is 0 Å². The van der Waals surface area contributed by atoms with Gasteiger partial charge < -0.3 is 4.74 Å². The van der Waals surface area contributed by atoms with Crippen LogP contribution in [0.1, 0.15) is 46.5 Å². The number of hydrogen-bond donors (Lipinski definition) is 0. The van der Waals surface area contributed by atoms with Crippen LogP contribution in [0.25, 0.3) is 0 Å². The molecule has 3 unspecified atom stereocenters. The molecule has 2 aliphatic rings. The molecule has 0 aromatic heterocycles. The Morgan fingerprint density at radius 2 is 1.89 bits per heavy atom. The summed E-state index contributed by atoms with van der Waals surface area (Å²) >= 11 is 0. The van der Waals surface area contributed by atoms with Crippen LogP contribution in [-0.4, -0.2) is 6.61 Å². The van der Waals surface area contributed by atoms with Crippen molar-refractivity contribution in [2.45, 2.75) is 46.5 Å². The largest absolute Gasteiger partial charge is 0.494 e. The van der Waals surface area contributed by atoms with Crippen LogP contribution in [0.5, 0.6) is 5.75 Å². The SMILES string of the molecule is CC1(C)C2CCC1(C)C(CCOc1ccccc1)C2. The van der Waals surface area contributed by atoms with Crippen LogP contribution >= 0.6 is 0 Å². The standard InChI is InChI=1S/C18H26O/c1-17(2)14-9-11-18(17,3)15(13-14)10-12-19-16-7-5-4-6-8-16/h4-8,14-15H,9-13H2,1-3H3. The van der Waals surface area contributed by atoms with Crippen molar-refractivity contribution < 1.29 is 4.74 Å². The zero-order valence-corrected chi connectivity index (χ0v) is 12.5. The summed E-state index contributed by atoms with van der Waals surface area (Å²) in [5.41, 5.74) is 1.07. The predicted octanol–water partition coefficient (Wildman–Crippen LogP) is 4.92. The first-order valence-corrected chi connectivity index (χ1v) is 7.72. The monoisotopic (exact) mass is 258 g/mol. The van der Waals surface area contributed by atoms with Gasteiger partial charge in [-0.3, -0.25) is 0 Å². The molecule has 0 N–H and O–H groups in total. The van der Waals surface area contributed by atoms with Crippen LogP contribution in [0.2, 0.25) is 0 Å². The first-order chi connectivity index (χ1) is 9.04. The molecule has 0 amide bonds. The molecule has 1 aromatic rings. The van der Waals surface area contributed by atoms with Gasteiger partial charge in [0.05, 0.1) is 6.61 Å². The Kier molecular flexibility index (Phi) is 3.11. The van der Waals surface area contributed by atoms with Gasteiger partial charge in [-0.05, 0) is 60.5 Å². The summed E-state index contributed by atoms with van der Waals surface area (Å²) in [6.07, 6.45) is 5.49. The van der Waals surface area contributed by atoms with Crippen molar-refractivity contribution in [3.8, 4) is 5.75 Å². The van der Waals surface area contributed by atoms with E-state index in [0.717, 1.165) is 24.2 Å². The van der Waals surface area contributed by atoms with Crippen LogP contribution in [-0.2, 0) is 0 Å². The fraction of sp³-hybridized carbons (Fsp3) is 0.667. The Bertz CT molecular complexity index is 436. The highest BCUT2D eigenvalue weighted by Gasteiger charge is 2.60. The van der Waals surface area contributed by atoms with Crippen molar-refractivity contribution >= 4 is 0 Å². The predicted molar refractivity (Wildman–Crippen MR) is 79.3 cm³/mol. The van der Waals surface area contributed by atoms with Gasteiger partial charge in [0.1, 0.15) is 5.75 Å². The minimum Gasteiger partial charge on any atom is -0.494 e. The van der Waals surface area contributed by atoms with Gasteiger partial charge in [-0.15, -0.1) is 0 Å². The maximum Gasteiger partial charge on any atom is 0.119 e. The van der Waals surface area contributed by atoms with Gasteiger partial charge in [0, 0.05) is 0 Å². The van der Waals surface area contributed by atoms with E-state index in [1.165, 1.54) is 25.7 Å². The molecule has 2 saturated carbocycles. The third kappa shape index (κ3) is 1.98. The van der Waals surface area contributed by atoms with Crippen molar-refractivity contribution in [2.75, 3.05) is 6.61 Å². The summed E-state index contributed by atoms with van der Waals surface area (Å²) in [6.45, 7) is 8.37. The highest BCUT2D eigenvalue weighted by Crippen LogP contribution is 2.68. The zero-order valence-electron chi connectivity index (χ0n) is 12.5. The van der Waals surface area contributed by atoms with E-state index in [9.17, 15) is 0 Å². The second kappa shape index (κ2) is 4.54. The van der Waals surface area contributed by atoms with Crippen LogP contribution in [0.3, 0.4) is 0 Å². The average molecular weight is 258 g/mol. The zero-order chi connectivity index (χ0) is 13.5. The highest BCUT2D eigenvalue weighted by molar-refractivity contribution is 5.20. The molecule has 2 aliphatic carbocycles. The van der Waals surface area contributed by atoms with Crippen molar-refractivity contribution in [2.24, 2.45) is 22.7 Å². The summed E-state index contributed by atoms with van der Waals surface area (Å²) in [4.78, 5) is 0. The summed E-state index contributed by atoms with van der Waals surface area (Å²) < 4.78 is 5.89. The lowest BCUT2D eigenvalue weighted by molar-refractivity contribution is 0.0879. The van der Waals surface area contributed by atoms with E-state index in [2.05, 4.69) is 20.8 Å². The first kappa shape index (κ1) is 13.0. The number of fused-ring (bicyclic) bond motifs is 2. The third-order valence-corrected chi connectivity index (χ3v) is 6.45. The molecule has 0 saturated heterocycles. The molecular weight excluding hydrogens is 232 g/mol. The fourth-order valence-electron chi connectivity index (χ4n) is 4.64. The van der Waals surface area contributed by atoms with Crippen molar-refractivity contribution in [1.82, 2.24) is 0 Å². The number of rotatable bonds is 4. The number of para-hydroxylation sites is 1. The molecule has 104 valence electrons. The lowest BCUT2D eigenvalue weighted by Gasteiger charge is -2.39. The maximum atomic E-state index is 5.89. The molecule has 2 fully saturated rings. The Labute approximate surface area is 117 Å². The molecule has 3 atom stereocenters. The molecule has 19 heavy (non-hydrogen) atoms. The van der Waals surface area contributed by atoms with Crippen LogP contribution < -0.4 is 4.74 Å². The van der Waals surface area contributed by atoms with E-state index in [1.807, 2.05) is 30.3 Å². The topological polar surface area (TPSA) is 9.23 Å². The Balaban J connectivity index is 1.58. The molecule has 0 heterocycles. The first-order valence-electron chi connectivity index (χ1n) is 7.72. The Morgan fingerprint density at radius 1 is 1.16 bits per heavy atom.